The van der Waals surface area contributed by atoms with Crippen LogP contribution < -0.4 is 0 Å². The molecule has 0 saturated carbocycles. The molecule has 2 heterocycles. The number of thiazole rings is 1. The van der Waals surface area contributed by atoms with Gasteiger partial charge in [0.2, 0.25) is 0 Å². The van der Waals surface area contributed by atoms with E-state index in [9.17, 15) is 0 Å². The van der Waals surface area contributed by atoms with Crippen molar-refractivity contribution in [1.29, 1.82) is 0 Å². The number of likely N-dealkylation sites (tertiary alicyclic amines) is 1. The smallest absolute Gasteiger partial charge is 0.136 e. The van der Waals surface area contributed by atoms with Crippen LogP contribution in [0.25, 0.3) is 10.6 Å². The van der Waals surface area contributed by atoms with Crippen molar-refractivity contribution in [3.8, 4) is 10.6 Å². The second kappa shape index (κ2) is 7.57. The molecule has 1 aliphatic heterocycles. The number of rotatable bonds is 4. The molecule has 0 radical (unpaired) electrons. The van der Waals surface area contributed by atoms with Gasteiger partial charge in [-0.1, -0.05) is 55.2 Å². The van der Waals surface area contributed by atoms with E-state index in [1.165, 1.54) is 24.0 Å². The molecule has 0 amide bonds. The highest BCUT2D eigenvalue weighted by molar-refractivity contribution is 8.22. The average Bonchev–Trinajstić information content (AvgIpc) is 3.24. The van der Waals surface area contributed by atoms with E-state index >= 15 is 0 Å². The molecule has 2 nitrogen and oxygen atoms in total. The molecule has 3 rings (SSSR count). The lowest BCUT2D eigenvalue weighted by Crippen LogP contribution is -2.23. The molecule has 0 spiro atoms. The Morgan fingerprint density at radius 3 is 2.68 bits per heavy atom. The third-order valence-electron chi connectivity index (χ3n) is 3.87. The summed E-state index contributed by atoms with van der Waals surface area (Å²) in [4.78, 5) is 7.07. The first-order valence-corrected chi connectivity index (χ1v) is 9.99. The molecule has 0 unspecified atom stereocenters. The van der Waals surface area contributed by atoms with Gasteiger partial charge in [0.05, 0.1) is 5.69 Å². The van der Waals surface area contributed by atoms with Crippen LogP contribution in [0.2, 0.25) is 0 Å². The summed E-state index contributed by atoms with van der Waals surface area (Å²) in [5.74, 6) is 0.874. The van der Waals surface area contributed by atoms with Crippen LogP contribution in [0.15, 0.2) is 29.6 Å². The molecule has 1 aromatic carbocycles. The molecule has 1 aromatic heterocycles. The van der Waals surface area contributed by atoms with Crippen LogP contribution in [-0.2, 0) is 12.2 Å². The SMILES string of the molecule is CCc1ccc(-c2nc(CSC(=S)N3CCCC3)cs2)cc1. The van der Waals surface area contributed by atoms with Crippen molar-refractivity contribution in [2.75, 3.05) is 13.1 Å². The summed E-state index contributed by atoms with van der Waals surface area (Å²) < 4.78 is 1.03. The quantitative estimate of drug-likeness (QED) is 0.724. The maximum absolute atomic E-state index is 5.51. The van der Waals surface area contributed by atoms with E-state index in [0.29, 0.717) is 0 Å². The van der Waals surface area contributed by atoms with Crippen molar-refractivity contribution in [3.63, 3.8) is 0 Å². The molecule has 5 heteroatoms. The summed E-state index contributed by atoms with van der Waals surface area (Å²) in [6.45, 7) is 4.42. The number of hydrogen-bond acceptors (Lipinski definition) is 4. The van der Waals surface area contributed by atoms with Crippen LogP contribution in [-0.4, -0.2) is 27.3 Å². The Balaban J connectivity index is 1.59. The van der Waals surface area contributed by atoms with Gasteiger partial charge in [0, 0.05) is 29.8 Å². The van der Waals surface area contributed by atoms with Gasteiger partial charge in [-0.15, -0.1) is 11.3 Å². The van der Waals surface area contributed by atoms with Gasteiger partial charge in [-0.2, -0.15) is 0 Å². The Morgan fingerprint density at radius 1 is 1.27 bits per heavy atom. The summed E-state index contributed by atoms with van der Waals surface area (Å²) in [7, 11) is 0. The van der Waals surface area contributed by atoms with Crippen LogP contribution in [0, 0.1) is 0 Å². The highest BCUT2D eigenvalue weighted by Crippen LogP contribution is 2.27. The third kappa shape index (κ3) is 3.89. The maximum atomic E-state index is 5.51. The Labute approximate surface area is 146 Å². The number of thiocarbonyl (C=S) groups is 1. The monoisotopic (exact) mass is 348 g/mol. The molecule has 0 bridgehead atoms. The van der Waals surface area contributed by atoms with E-state index in [1.807, 2.05) is 0 Å². The third-order valence-corrected chi connectivity index (χ3v) is 6.37. The molecule has 1 fully saturated rings. The Kier molecular flexibility index (Phi) is 5.50. The van der Waals surface area contributed by atoms with Crippen molar-refractivity contribution in [3.05, 3.63) is 40.9 Å². The summed E-state index contributed by atoms with van der Waals surface area (Å²) >= 11 is 8.97. The minimum absolute atomic E-state index is 0.874. The Morgan fingerprint density at radius 2 is 2.00 bits per heavy atom. The largest absolute Gasteiger partial charge is 0.358 e. The molecular formula is C17H20N2S3. The summed E-state index contributed by atoms with van der Waals surface area (Å²) in [5, 5.41) is 3.26. The van der Waals surface area contributed by atoms with Gasteiger partial charge in [0.1, 0.15) is 9.33 Å². The van der Waals surface area contributed by atoms with E-state index in [1.54, 1.807) is 23.1 Å². The van der Waals surface area contributed by atoms with Crippen molar-refractivity contribution in [1.82, 2.24) is 9.88 Å². The van der Waals surface area contributed by atoms with Crippen LogP contribution in [0.1, 0.15) is 31.0 Å². The second-order valence-corrected chi connectivity index (χ2v) is 7.91. The zero-order valence-corrected chi connectivity index (χ0v) is 15.2. The maximum Gasteiger partial charge on any atom is 0.136 e. The average molecular weight is 349 g/mol. The number of nitrogens with zero attached hydrogens (tertiary/aromatic N) is 2. The van der Waals surface area contributed by atoms with Crippen molar-refractivity contribution in [2.24, 2.45) is 0 Å². The minimum atomic E-state index is 0.874. The van der Waals surface area contributed by atoms with Gasteiger partial charge in [0.25, 0.3) is 0 Å². The molecule has 0 aliphatic carbocycles. The number of hydrogen-bond donors (Lipinski definition) is 0. The lowest BCUT2D eigenvalue weighted by molar-refractivity contribution is 0.539. The highest BCUT2D eigenvalue weighted by Gasteiger charge is 2.15. The van der Waals surface area contributed by atoms with E-state index in [2.05, 4.69) is 41.5 Å². The molecule has 1 saturated heterocycles. The first kappa shape index (κ1) is 16.0. The Hall–Kier alpha value is -0.910. The zero-order valence-electron chi connectivity index (χ0n) is 12.7. The standard InChI is InChI=1S/C17H20N2S3/c1-2-13-5-7-14(8-6-13)16-18-15(11-21-16)12-22-17(20)19-9-3-4-10-19/h5-8,11H,2-4,9-10,12H2,1H3. The van der Waals surface area contributed by atoms with E-state index < -0.39 is 0 Å². The van der Waals surface area contributed by atoms with Gasteiger partial charge >= 0.3 is 0 Å². The fourth-order valence-electron chi connectivity index (χ4n) is 2.52. The zero-order chi connectivity index (χ0) is 15.4. The topological polar surface area (TPSA) is 16.1 Å². The fourth-order valence-corrected chi connectivity index (χ4v) is 4.59. The summed E-state index contributed by atoms with van der Waals surface area (Å²) in [6.07, 6.45) is 3.62. The lowest BCUT2D eigenvalue weighted by Gasteiger charge is -2.16. The molecule has 1 aliphatic rings. The van der Waals surface area contributed by atoms with Gasteiger partial charge in [-0.3, -0.25) is 0 Å². The minimum Gasteiger partial charge on any atom is -0.358 e. The van der Waals surface area contributed by atoms with Crippen molar-refractivity contribution < 1.29 is 0 Å². The normalized spacial score (nSPS) is 14.5. The predicted molar refractivity (Wildman–Crippen MR) is 102 cm³/mol. The van der Waals surface area contributed by atoms with Gasteiger partial charge in [-0.05, 0) is 24.8 Å². The first-order valence-electron chi connectivity index (χ1n) is 7.71. The summed E-state index contributed by atoms with van der Waals surface area (Å²) in [6, 6.07) is 8.72. The number of aryl methyl sites for hydroxylation is 1. The van der Waals surface area contributed by atoms with Gasteiger partial charge in [0.15, 0.2) is 0 Å². The van der Waals surface area contributed by atoms with Crippen molar-refractivity contribution >= 4 is 39.6 Å². The van der Waals surface area contributed by atoms with Crippen molar-refractivity contribution in [2.45, 2.75) is 31.9 Å². The van der Waals surface area contributed by atoms with Crippen LogP contribution in [0.5, 0.6) is 0 Å². The molecule has 116 valence electrons. The number of aromatic nitrogens is 1. The summed E-state index contributed by atoms with van der Waals surface area (Å²) in [5.41, 5.74) is 3.71. The highest BCUT2D eigenvalue weighted by atomic mass is 32.2. The van der Waals surface area contributed by atoms with Gasteiger partial charge < -0.3 is 4.90 Å². The van der Waals surface area contributed by atoms with Gasteiger partial charge in [-0.25, -0.2) is 4.98 Å². The van der Waals surface area contributed by atoms with Crippen LogP contribution >= 0.6 is 35.3 Å². The lowest BCUT2D eigenvalue weighted by atomic mass is 10.1. The van der Waals surface area contributed by atoms with Crippen LogP contribution in [0.4, 0.5) is 0 Å². The molecule has 0 atom stereocenters. The predicted octanol–water partition coefficient (Wildman–Crippen LogP) is 4.99. The Bertz CT molecular complexity index is 628. The molecule has 2 aromatic rings. The van der Waals surface area contributed by atoms with E-state index in [4.69, 9.17) is 17.2 Å². The second-order valence-electron chi connectivity index (χ2n) is 5.44. The first-order chi connectivity index (χ1) is 10.8. The van der Waals surface area contributed by atoms with E-state index in [-0.39, 0.29) is 0 Å². The number of benzene rings is 1. The van der Waals surface area contributed by atoms with E-state index in [0.717, 1.165) is 40.3 Å². The number of thioether (sulfide) groups is 1. The molecule has 0 N–H and O–H groups in total. The fraction of sp³-hybridized carbons (Fsp3) is 0.412. The molecule has 22 heavy (non-hydrogen) atoms. The molecular weight excluding hydrogens is 328 g/mol. The van der Waals surface area contributed by atoms with Crippen LogP contribution in [0.3, 0.4) is 0 Å².